The van der Waals surface area contributed by atoms with Crippen LogP contribution in [0.25, 0.3) is 0 Å². The molecule has 2 aliphatic rings. The number of hydrogen-bond donors (Lipinski definition) is 0. The molecule has 2 heterocycles. The second-order valence-electron chi connectivity index (χ2n) is 7.43. The van der Waals surface area contributed by atoms with Crippen LogP contribution in [0.5, 0.6) is 0 Å². The molecule has 2 aliphatic heterocycles. The molecule has 1 atom stereocenters. The number of hydrogen-bond acceptors (Lipinski definition) is 3. The molecule has 0 saturated carbocycles. The minimum atomic E-state index is -0.180. The Kier molecular flexibility index (Phi) is 6.43. The molecular weight excluding hydrogens is 317 g/mol. The second kappa shape index (κ2) is 8.77. The van der Waals surface area contributed by atoms with E-state index in [1.54, 1.807) is 12.1 Å². The largest absolute Gasteiger partial charge is 0.340 e. The Labute approximate surface area is 150 Å². The molecule has 0 spiro atoms. The van der Waals surface area contributed by atoms with Crippen molar-refractivity contribution in [2.75, 3.05) is 39.8 Å². The maximum absolute atomic E-state index is 13.4. The van der Waals surface area contributed by atoms with Gasteiger partial charge in [0.05, 0.1) is 6.04 Å². The first-order valence-corrected chi connectivity index (χ1v) is 9.59. The highest BCUT2D eigenvalue weighted by Crippen LogP contribution is 2.18. The summed E-state index contributed by atoms with van der Waals surface area (Å²) in [5.41, 5.74) is 1.00. The second-order valence-corrected chi connectivity index (χ2v) is 7.43. The Hall–Kier alpha value is -1.46. The average Bonchev–Trinajstić information content (AvgIpc) is 2.95. The van der Waals surface area contributed by atoms with Gasteiger partial charge in [-0.25, -0.2) is 4.39 Å². The molecule has 1 amide bonds. The topological polar surface area (TPSA) is 26.8 Å². The molecule has 1 aromatic carbocycles. The van der Waals surface area contributed by atoms with E-state index in [0.717, 1.165) is 64.1 Å². The van der Waals surface area contributed by atoms with Crippen molar-refractivity contribution in [3.63, 3.8) is 0 Å². The molecule has 0 bridgehead atoms. The van der Waals surface area contributed by atoms with E-state index in [1.807, 2.05) is 6.07 Å². The van der Waals surface area contributed by atoms with Gasteiger partial charge in [-0.05, 0) is 50.6 Å². The quantitative estimate of drug-likeness (QED) is 0.841. The standard InChI is InChI=1S/C20H30FN3O/c1-22-10-4-2-3-9-19(22)20(25)24-12-6-11-23(13-14-24)16-17-7-5-8-18(21)15-17/h5,7-8,15,19H,2-4,6,9-14,16H2,1H3. The first-order valence-electron chi connectivity index (χ1n) is 9.59. The van der Waals surface area contributed by atoms with Crippen LogP contribution in [-0.2, 0) is 11.3 Å². The summed E-state index contributed by atoms with van der Waals surface area (Å²) in [6, 6.07) is 6.87. The molecular formula is C20H30FN3O. The van der Waals surface area contributed by atoms with E-state index < -0.39 is 0 Å². The van der Waals surface area contributed by atoms with Crippen molar-refractivity contribution in [3.8, 4) is 0 Å². The minimum Gasteiger partial charge on any atom is -0.340 e. The van der Waals surface area contributed by atoms with E-state index in [4.69, 9.17) is 0 Å². The summed E-state index contributed by atoms with van der Waals surface area (Å²) in [5, 5.41) is 0. The van der Waals surface area contributed by atoms with Crippen molar-refractivity contribution < 1.29 is 9.18 Å². The number of benzene rings is 1. The lowest BCUT2D eigenvalue weighted by molar-refractivity contribution is -0.136. The van der Waals surface area contributed by atoms with Crippen LogP contribution >= 0.6 is 0 Å². The summed E-state index contributed by atoms with van der Waals surface area (Å²) in [4.78, 5) is 19.6. The van der Waals surface area contributed by atoms with E-state index in [0.29, 0.717) is 5.91 Å². The molecule has 1 unspecified atom stereocenters. The predicted octanol–water partition coefficient (Wildman–Crippen LogP) is 2.73. The predicted molar refractivity (Wildman–Crippen MR) is 97.8 cm³/mol. The van der Waals surface area contributed by atoms with Gasteiger partial charge in [-0.2, -0.15) is 0 Å². The van der Waals surface area contributed by atoms with E-state index in [2.05, 4.69) is 21.7 Å². The van der Waals surface area contributed by atoms with Crippen molar-refractivity contribution in [2.45, 2.75) is 44.7 Å². The number of amides is 1. The Morgan fingerprint density at radius 1 is 1.08 bits per heavy atom. The molecule has 2 saturated heterocycles. The van der Waals surface area contributed by atoms with Crippen LogP contribution in [0.1, 0.15) is 37.7 Å². The zero-order chi connectivity index (χ0) is 17.6. The third-order valence-electron chi connectivity index (χ3n) is 5.50. The normalized spacial score (nSPS) is 23.9. The van der Waals surface area contributed by atoms with Crippen molar-refractivity contribution in [1.82, 2.24) is 14.7 Å². The fourth-order valence-electron chi connectivity index (χ4n) is 4.02. The minimum absolute atomic E-state index is 0.0530. The smallest absolute Gasteiger partial charge is 0.239 e. The van der Waals surface area contributed by atoms with E-state index in [-0.39, 0.29) is 11.9 Å². The fraction of sp³-hybridized carbons (Fsp3) is 0.650. The molecule has 0 radical (unpaired) electrons. The number of likely N-dealkylation sites (N-methyl/N-ethyl adjacent to an activating group) is 1. The Morgan fingerprint density at radius 2 is 1.96 bits per heavy atom. The number of carbonyl (C=O) groups excluding carboxylic acids is 1. The molecule has 0 N–H and O–H groups in total. The number of rotatable bonds is 3. The highest BCUT2D eigenvalue weighted by atomic mass is 19.1. The van der Waals surface area contributed by atoms with Crippen LogP contribution in [0.3, 0.4) is 0 Å². The van der Waals surface area contributed by atoms with Gasteiger partial charge in [0.15, 0.2) is 0 Å². The highest BCUT2D eigenvalue weighted by Gasteiger charge is 2.29. The van der Waals surface area contributed by atoms with Gasteiger partial charge in [0.1, 0.15) is 5.82 Å². The number of likely N-dealkylation sites (tertiary alicyclic amines) is 1. The highest BCUT2D eigenvalue weighted by molar-refractivity contribution is 5.82. The summed E-state index contributed by atoms with van der Waals surface area (Å²) in [5.74, 6) is 0.123. The van der Waals surface area contributed by atoms with Crippen LogP contribution in [0, 0.1) is 5.82 Å². The van der Waals surface area contributed by atoms with Crippen LogP contribution < -0.4 is 0 Å². The van der Waals surface area contributed by atoms with E-state index >= 15 is 0 Å². The van der Waals surface area contributed by atoms with Crippen molar-refractivity contribution >= 4 is 5.91 Å². The van der Waals surface area contributed by atoms with Crippen LogP contribution in [-0.4, -0.2) is 66.4 Å². The Bertz CT molecular complexity index is 580. The van der Waals surface area contributed by atoms with Gasteiger partial charge >= 0.3 is 0 Å². The molecule has 5 heteroatoms. The van der Waals surface area contributed by atoms with Crippen LogP contribution in [0.2, 0.25) is 0 Å². The maximum Gasteiger partial charge on any atom is 0.239 e. The van der Waals surface area contributed by atoms with Gasteiger partial charge in [0, 0.05) is 32.7 Å². The lowest BCUT2D eigenvalue weighted by Gasteiger charge is -2.30. The van der Waals surface area contributed by atoms with Crippen LogP contribution in [0.4, 0.5) is 4.39 Å². The van der Waals surface area contributed by atoms with Gasteiger partial charge in [-0.15, -0.1) is 0 Å². The zero-order valence-corrected chi connectivity index (χ0v) is 15.3. The van der Waals surface area contributed by atoms with Gasteiger partial charge < -0.3 is 4.90 Å². The van der Waals surface area contributed by atoms with Gasteiger partial charge in [0.2, 0.25) is 5.91 Å². The Balaban J connectivity index is 1.56. The lowest BCUT2D eigenvalue weighted by Crippen LogP contribution is -2.48. The molecule has 0 aromatic heterocycles. The first-order chi connectivity index (χ1) is 12.1. The summed E-state index contributed by atoms with van der Waals surface area (Å²) in [6.45, 7) is 5.21. The lowest BCUT2D eigenvalue weighted by atomic mass is 10.1. The van der Waals surface area contributed by atoms with Gasteiger partial charge in [0.25, 0.3) is 0 Å². The van der Waals surface area contributed by atoms with E-state index in [9.17, 15) is 9.18 Å². The average molecular weight is 347 g/mol. The third kappa shape index (κ3) is 5.02. The summed E-state index contributed by atoms with van der Waals surface area (Å²) in [7, 11) is 2.09. The molecule has 0 aliphatic carbocycles. The third-order valence-corrected chi connectivity index (χ3v) is 5.50. The monoisotopic (exact) mass is 347 g/mol. The number of carbonyl (C=O) groups is 1. The number of nitrogens with zero attached hydrogens (tertiary/aromatic N) is 3. The zero-order valence-electron chi connectivity index (χ0n) is 15.3. The van der Waals surface area contributed by atoms with Crippen molar-refractivity contribution in [2.24, 2.45) is 0 Å². The summed E-state index contributed by atoms with van der Waals surface area (Å²) in [6.07, 6.45) is 5.55. The van der Waals surface area contributed by atoms with Crippen molar-refractivity contribution in [3.05, 3.63) is 35.6 Å². The van der Waals surface area contributed by atoms with Gasteiger partial charge in [-0.3, -0.25) is 14.6 Å². The van der Waals surface area contributed by atoms with E-state index in [1.165, 1.54) is 18.9 Å². The number of halogens is 1. The van der Waals surface area contributed by atoms with Gasteiger partial charge in [-0.1, -0.05) is 25.0 Å². The molecule has 138 valence electrons. The molecule has 1 aromatic rings. The molecule has 3 rings (SSSR count). The first kappa shape index (κ1) is 18.3. The molecule has 25 heavy (non-hydrogen) atoms. The fourth-order valence-corrected chi connectivity index (χ4v) is 4.02. The SMILES string of the molecule is CN1CCCCCC1C(=O)N1CCCN(Cc2cccc(F)c2)CC1. The Morgan fingerprint density at radius 3 is 2.80 bits per heavy atom. The summed E-state index contributed by atoms with van der Waals surface area (Å²) < 4.78 is 13.4. The van der Waals surface area contributed by atoms with Crippen LogP contribution in [0.15, 0.2) is 24.3 Å². The molecule has 4 nitrogen and oxygen atoms in total. The van der Waals surface area contributed by atoms with Crippen molar-refractivity contribution in [1.29, 1.82) is 0 Å². The summed E-state index contributed by atoms with van der Waals surface area (Å²) >= 11 is 0. The molecule has 2 fully saturated rings. The maximum atomic E-state index is 13.4.